The molecule has 2 aromatic rings. The van der Waals surface area contributed by atoms with E-state index >= 15 is 0 Å². The van der Waals surface area contributed by atoms with Crippen LogP contribution in [0.4, 0.5) is 4.39 Å². The van der Waals surface area contributed by atoms with Crippen LogP contribution in [0.1, 0.15) is 12.0 Å². The van der Waals surface area contributed by atoms with Crippen molar-refractivity contribution in [2.24, 2.45) is 0 Å². The first-order chi connectivity index (χ1) is 12.5. The van der Waals surface area contributed by atoms with Gasteiger partial charge in [0, 0.05) is 19.6 Å². The Bertz CT molecular complexity index is 707. The van der Waals surface area contributed by atoms with Gasteiger partial charge in [0.2, 0.25) is 5.91 Å². The Morgan fingerprint density at radius 3 is 2.42 bits per heavy atom. The van der Waals surface area contributed by atoms with Gasteiger partial charge in [-0.25, -0.2) is 4.39 Å². The van der Waals surface area contributed by atoms with Gasteiger partial charge in [0.1, 0.15) is 11.6 Å². The highest BCUT2D eigenvalue weighted by molar-refractivity contribution is 6.32. The van der Waals surface area contributed by atoms with E-state index < -0.39 is 0 Å². The normalized spacial score (nSPS) is 10.8. The van der Waals surface area contributed by atoms with Crippen molar-refractivity contribution >= 4 is 17.5 Å². The highest BCUT2D eigenvalue weighted by Crippen LogP contribution is 2.23. The molecule has 0 aliphatic carbocycles. The summed E-state index contributed by atoms with van der Waals surface area (Å²) in [6.45, 7) is 2.04. The van der Waals surface area contributed by atoms with Gasteiger partial charge in [0.05, 0.1) is 18.1 Å². The van der Waals surface area contributed by atoms with Gasteiger partial charge < -0.3 is 14.5 Å². The molecule has 26 heavy (non-hydrogen) atoms. The van der Waals surface area contributed by atoms with Crippen molar-refractivity contribution < 1.29 is 13.9 Å². The van der Waals surface area contributed by atoms with E-state index in [1.54, 1.807) is 29.2 Å². The minimum Gasteiger partial charge on any atom is -0.491 e. The van der Waals surface area contributed by atoms with Crippen molar-refractivity contribution in [3.63, 3.8) is 0 Å². The van der Waals surface area contributed by atoms with Gasteiger partial charge in [-0.3, -0.25) is 4.79 Å². The summed E-state index contributed by atoms with van der Waals surface area (Å²) in [6, 6.07) is 13.4. The Morgan fingerprint density at radius 2 is 1.77 bits per heavy atom. The van der Waals surface area contributed by atoms with Crippen LogP contribution in [-0.2, 0) is 11.3 Å². The maximum Gasteiger partial charge on any atom is 0.226 e. The van der Waals surface area contributed by atoms with E-state index in [0.29, 0.717) is 23.9 Å². The number of amides is 1. The van der Waals surface area contributed by atoms with Crippen LogP contribution in [0.15, 0.2) is 48.5 Å². The molecule has 6 heteroatoms. The van der Waals surface area contributed by atoms with Crippen LogP contribution in [-0.4, -0.2) is 49.5 Å². The van der Waals surface area contributed by atoms with Crippen LogP contribution >= 0.6 is 11.6 Å². The highest BCUT2D eigenvalue weighted by atomic mass is 35.5. The fraction of sp³-hybridized carbons (Fsp3) is 0.350. The maximum atomic E-state index is 13.1. The number of nitrogens with zero attached hydrogens (tertiary/aromatic N) is 2. The van der Waals surface area contributed by atoms with Crippen molar-refractivity contribution in [1.82, 2.24) is 9.80 Å². The molecule has 0 saturated heterocycles. The molecule has 4 nitrogen and oxygen atoms in total. The Kier molecular flexibility index (Phi) is 7.88. The molecule has 0 bridgehead atoms. The van der Waals surface area contributed by atoms with Crippen molar-refractivity contribution in [3.05, 3.63) is 64.9 Å². The predicted octanol–water partition coefficient (Wildman–Crippen LogP) is 3.84. The second-order valence-corrected chi connectivity index (χ2v) is 6.68. The zero-order valence-electron chi connectivity index (χ0n) is 15.1. The van der Waals surface area contributed by atoms with Gasteiger partial charge in [0.25, 0.3) is 0 Å². The van der Waals surface area contributed by atoms with E-state index in [2.05, 4.69) is 0 Å². The van der Waals surface area contributed by atoms with Crippen molar-refractivity contribution in [1.29, 1.82) is 0 Å². The molecule has 1 amide bonds. The molecule has 0 spiro atoms. The lowest BCUT2D eigenvalue weighted by Gasteiger charge is -2.25. The highest BCUT2D eigenvalue weighted by Gasteiger charge is 2.15. The molecule has 0 unspecified atom stereocenters. The average Bonchev–Trinajstić information content (AvgIpc) is 2.61. The lowest BCUT2D eigenvalue weighted by molar-refractivity contribution is -0.132. The van der Waals surface area contributed by atoms with Crippen LogP contribution in [0.5, 0.6) is 5.75 Å². The molecule has 2 aromatic carbocycles. The smallest absolute Gasteiger partial charge is 0.226 e. The third kappa shape index (κ3) is 6.65. The second kappa shape index (κ2) is 10.1. The number of carbonyl (C=O) groups is 1. The van der Waals surface area contributed by atoms with Gasteiger partial charge in [-0.2, -0.15) is 0 Å². The Morgan fingerprint density at radius 1 is 1.08 bits per heavy atom. The Hall–Kier alpha value is -2.11. The molecule has 0 aliphatic heterocycles. The molecule has 140 valence electrons. The molecule has 0 fully saturated rings. The van der Waals surface area contributed by atoms with Crippen molar-refractivity contribution in [2.75, 3.05) is 33.8 Å². The third-order valence-corrected chi connectivity index (χ3v) is 4.18. The van der Waals surface area contributed by atoms with Gasteiger partial charge in [-0.15, -0.1) is 0 Å². The van der Waals surface area contributed by atoms with E-state index in [9.17, 15) is 9.18 Å². The number of para-hydroxylation sites is 1. The Balaban J connectivity index is 1.93. The van der Waals surface area contributed by atoms with Crippen molar-refractivity contribution in [2.45, 2.75) is 13.0 Å². The third-order valence-electron chi connectivity index (χ3n) is 3.87. The number of rotatable bonds is 9. The molecule has 0 heterocycles. The quantitative estimate of drug-likeness (QED) is 0.664. The van der Waals surface area contributed by atoms with Crippen molar-refractivity contribution in [3.8, 4) is 5.75 Å². The van der Waals surface area contributed by atoms with E-state index in [1.165, 1.54) is 12.1 Å². The van der Waals surface area contributed by atoms with Crippen LogP contribution < -0.4 is 4.74 Å². The van der Waals surface area contributed by atoms with Crippen LogP contribution in [0.2, 0.25) is 5.02 Å². The predicted molar refractivity (Wildman–Crippen MR) is 102 cm³/mol. The molecule has 0 saturated carbocycles. The van der Waals surface area contributed by atoms with Gasteiger partial charge in [0.15, 0.2) is 0 Å². The SMILES string of the molecule is CN(C)CCN(Cc1ccc(F)cc1)C(=O)CCOc1ccccc1Cl. The summed E-state index contributed by atoms with van der Waals surface area (Å²) < 4.78 is 18.7. The monoisotopic (exact) mass is 378 g/mol. The summed E-state index contributed by atoms with van der Waals surface area (Å²) in [5, 5.41) is 0.524. The van der Waals surface area contributed by atoms with E-state index in [1.807, 2.05) is 31.1 Å². The largest absolute Gasteiger partial charge is 0.491 e. The van der Waals surface area contributed by atoms with Gasteiger partial charge >= 0.3 is 0 Å². The summed E-state index contributed by atoms with van der Waals surface area (Å²) in [6.07, 6.45) is 0.250. The number of benzene rings is 2. The number of ether oxygens (including phenoxy) is 1. The fourth-order valence-electron chi connectivity index (χ4n) is 2.39. The zero-order chi connectivity index (χ0) is 18.9. The standard InChI is InChI=1S/C20H24ClFN2O2/c1-23(2)12-13-24(15-16-7-9-17(22)10-8-16)20(25)11-14-26-19-6-4-3-5-18(19)21/h3-10H,11-15H2,1-2H3. The number of halogens is 2. The van der Waals surface area contributed by atoms with Crippen LogP contribution in [0.3, 0.4) is 0 Å². The summed E-state index contributed by atoms with van der Waals surface area (Å²) in [5.74, 6) is 0.275. The molecule has 2 rings (SSSR count). The molecule has 0 atom stereocenters. The van der Waals surface area contributed by atoms with E-state index in [0.717, 1.165) is 12.1 Å². The number of likely N-dealkylation sites (N-methyl/N-ethyl adjacent to an activating group) is 1. The maximum absolute atomic E-state index is 13.1. The van der Waals surface area contributed by atoms with Crippen LogP contribution in [0, 0.1) is 5.82 Å². The topological polar surface area (TPSA) is 32.8 Å². The summed E-state index contributed by atoms with van der Waals surface area (Å²) in [7, 11) is 3.92. The molecule has 0 aliphatic rings. The second-order valence-electron chi connectivity index (χ2n) is 6.27. The average molecular weight is 379 g/mol. The number of hydrogen-bond acceptors (Lipinski definition) is 3. The zero-order valence-corrected chi connectivity index (χ0v) is 15.9. The van der Waals surface area contributed by atoms with Crippen LogP contribution in [0.25, 0.3) is 0 Å². The summed E-state index contributed by atoms with van der Waals surface area (Å²) in [5.41, 5.74) is 0.894. The first kappa shape index (κ1) is 20.2. The van der Waals surface area contributed by atoms with E-state index in [-0.39, 0.29) is 24.8 Å². The number of carbonyl (C=O) groups excluding carboxylic acids is 1. The Labute approximate surface area is 159 Å². The first-order valence-corrected chi connectivity index (χ1v) is 8.88. The summed E-state index contributed by atoms with van der Waals surface area (Å²) in [4.78, 5) is 16.4. The lowest BCUT2D eigenvalue weighted by Crippen LogP contribution is -2.36. The fourth-order valence-corrected chi connectivity index (χ4v) is 2.58. The molecular formula is C20H24ClFN2O2. The minimum absolute atomic E-state index is 0.0109. The first-order valence-electron chi connectivity index (χ1n) is 8.50. The van der Waals surface area contributed by atoms with Gasteiger partial charge in [-0.05, 0) is 43.9 Å². The molecule has 0 radical (unpaired) electrons. The molecular weight excluding hydrogens is 355 g/mol. The van der Waals surface area contributed by atoms with E-state index in [4.69, 9.17) is 16.3 Å². The van der Waals surface area contributed by atoms with Gasteiger partial charge in [-0.1, -0.05) is 35.9 Å². The number of hydrogen-bond donors (Lipinski definition) is 0. The summed E-state index contributed by atoms with van der Waals surface area (Å²) >= 11 is 6.05. The minimum atomic E-state index is -0.284. The molecule has 0 aromatic heterocycles. The molecule has 0 N–H and O–H groups in total. The lowest BCUT2D eigenvalue weighted by atomic mass is 10.2.